The summed E-state index contributed by atoms with van der Waals surface area (Å²) in [5.74, 6) is -0.301. The van der Waals surface area contributed by atoms with Crippen molar-refractivity contribution in [3.05, 3.63) is 66.5 Å². The van der Waals surface area contributed by atoms with Gasteiger partial charge in [-0.05, 0) is 29.8 Å². The summed E-state index contributed by atoms with van der Waals surface area (Å²) >= 11 is 0. The molecule has 2 aromatic carbocycles. The maximum Gasteiger partial charge on any atom is 0.573 e. The highest BCUT2D eigenvalue weighted by molar-refractivity contribution is 5.87. The van der Waals surface area contributed by atoms with Crippen LogP contribution in [0.15, 0.2) is 60.9 Å². The van der Waals surface area contributed by atoms with Gasteiger partial charge in [-0.2, -0.15) is 5.10 Å². The molecule has 3 aromatic rings. The van der Waals surface area contributed by atoms with Crippen LogP contribution in [0.25, 0.3) is 16.8 Å². The van der Waals surface area contributed by atoms with Crippen LogP contribution >= 0.6 is 0 Å². The number of aldehydes is 1. The summed E-state index contributed by atoms with van der Waals surface area (Å²) in [4.78, 5) is 11.1. The zero-order valence-electron chi connectivity index (χ0n) is 15.8. The summed E-state index contributed by atoms with van der Waals surface area (Å²) in [6.07, 6.45) is -0.681. The quantitative estimate of drug-likeness (QED) is 0.590. The Bertz CT molecular complexity index is 940. The molecule has 30 heavy (non-hydrogen) atoms. The van der Waals surface area contributed by atoms with Crippen molar-refractivity contribution in [2.45, 2.75) is 6.36 Å². The number of nitrogens with zero attached hydrogens (tertiary/aromatic N) is 2. The summed E-state index contributed by atoms with van der Waals surface area (Å²) in [7, 11) is 0. The Labute approximate surface area is 170 Å². The minimum absolute atomic E-state index is 0.301. The zero-order valence-corrected chi connectivity index (χ0v) is 15.8. The summed E-state index contributed by atoms with van der Waals surface area (Å²) in [6.45, 7) is 3.11. The van der Waals surface area contributed by atoms with E-state index >= 15 is 0 Å². The van der Waals surface area contributed by atoms with Gasteiger partial charge in [0.2, 0.25) is 0 Å². The van der Waals surface area contributed by atoms with E-state index in [1.165, 1.54) is 28.9 Å². The van der Waals surface area contributed by atoms with Crippen molar-refractivity contribution in [2.75, 3.05) is 26.4 Å². The number of carbonyl (C=O) groups is 1. The molecule has 0 amide bonds. The molecule has 0 N–H and O–H groups in total. The molecule has 2 heterocycles. The predicted octanol–water partition coefficient (Wildman–Crippen LogP) is 4.28. The smallest absolute Gasteiger partial charge is 0.406 e. The fourth-order valence-electron chi connectivity index (χ4n) is 2.71. The van der Waals surface area contributed by atoms with Gasteiger partial charge >= 0.3 is 6.36 Å². The second kappa shape index (κ2) is 10.0. The number of halogens is 3. The Balaban J connectivity index is 0.000000367. The van der Waals surface area contributed by atoms with Crippen LogP contribution in [0.3, 0.4) is 0 Å². The van der Waals surface area contributed by atoms with Crippen LogP contribution in [0, 0.1) is 0 Å². The highest BCUT2D eigenvalue weighted by Crippen LogP contribution is 2.25. The molecule has 1 aliphatic heterocycles. The van der Waals surface area contributed by atoms with Crippen LogP contribution in [0.2, 0.25) is 0 Å². The van der Waals surface area contributed by atoms with E-state index in [4.69, 9.17) is 9.47 Å². The molecule has 0 unspecified atom stereocenters. The molecule has 0 bridgehead atoms. The molecule has 0 atom stereocenters. The third-order valence-electron chi connectivity index (χ3n) is 4.06. The first-order valence-corrected chi connectivity index (χ1v) is 9.07. The number of benzene rings is 2. The van der Waals surface area contributed by atoms with Crippen molar-refractivity contribution >= 4 is 6.29 Å². The van der Waals surface area contributed by atoms with Crippen molar-refractivity contribution in [2.24, 2.45) is 0 Å². The fourth-order valence-corrected chi connectivity index (χ4v) is 2.71. The molecule has 1 saturated heterocycles. The molecule has 1 fully saturated rings. The van der Waals surface area contributed by atoms with Gasteiger partial charge in [-0.1, -0.05) is 24.3 Å². The molecule has 0 radical (unpaired) electrons. The van der Waals surface area contributed by atoms with E-state index in [1.807, 2.05) is 6.07 Å². The summed E-state index contributed by atoms with van der Waals surface area (Å²) in [5.41, 5.74) is 2.56. The van der Waals surface area contributed by atoms with E-state index in [0.29, 0.717) is 11.3 Å². The maximum atomic E-state index is 12.2. The number of alkyl halides is 3. The lowest BCUT2D eigenvalue weighted by Crippen LogP contribution is -2.17. The first-order valence-electron chi connectivity index (χ1n) is 9.07. The Morgan fingerprint density at radius 3 is 2.17 bits per heavy atom. The molecule has 0 saturated carbocycles. The van der Waals surface area contributed by atoms with Gasteiger partial charge in [0.1, 0.15) is 5.75 Å². The molecule has 1 aromatic heterocycles. The van der Waals surface area contributed by atoms with Crippen molar-refractivity contribution in [3.63, 3.8) is 0 Å². The minimum atomic E-state index is -4.72. The van der Waals surface area contributed by atoms with Gasteiger partial charge in [0, 0.05) is 17.3 Å². The predicted molar refractivity (Wildman–Crippen MR) is 103 cm³/mol. The highest BCUT2D eigenvalue weighted by Gasteiger charge is 2.30. The van der Waals surface area contributed by atoms with Gasteiger partial charge < -0.3 is 14.2 Å². The number of ether oxygens (including phenoxy) is 3. The normalized spacial score (nSPS) is 13.8. The van der Waals surface area contributed by atoms with Gasteiger partial charge in [-0.3, -0.25) is 4.79 Å². The Hall–Kier alpha value is -3.17. The van der Waals surface area contributed by atoms with Gasteiger partial charge in [0.05, 0.1) is 38.3 Å². The van der Waals surface area contributed by atoms with E-state index < -0.39 is 6.36 Å². The van der Waals surface area contributed by atoms with Crippen molar-refractivity contribution in [1.82, 2.24) is 9.78 Å². The van der Waals surface area contributed by atoms with Gasteiger partial charge in [0.25, 0.3) is 0 Å². The van der Waals surface area contributed by atoms with E-state index in [9.17, 15) is 18.0 Å². The van der Waals surface area contributed by atoms with Gasteiger partial charge in [-0.25, -0.2) is 4.68 Å². The Morgan fingerprint density at radius 2 is 1.60 bits per heavy atom. The molecule has 6 nitrogen and oxygen atoms in total. The molecular formula is C21H19F3N2O4. The topological polar surface area (TPSA) is 62.6 Å². The maximum absolute atomic E-state index is 12.2. The number of carbonyl (C=O) groups excluding carboxylic acids is 1. The molecule has 0 aliphatic carbocycles. The first-order chi connectivity index (χ1) is 14.5. The Kier molecular flexibility index (Phi) is 7.21. The largest absolute Gasteiger partial charge is 0.573 e. The van der Waals surface area contributed by atoms with Crippen LogP contribution in [0.1, 0.15) is 10.4 Å². The number of hydrogen-bond acceptors (Lipinski definition) is 5. The monoisotopic (exact) mass is 420 g/mol. The molecular weight excluding hydrogens is 401 g/mol. The summed E-state index contributed by atoms with van der Waals surface area (Å²) < 4.78 is 51.7. The van der Waals surface area contributed by atoms with Crippen molar-refractivity contribution in [3.8, 4) is 22.6 Å². The second-order valence-corrected chi connectivity index (χ2v) is 6.15. The number of hydrogen-bond donors (Lipinski definition) is 0. The standard InChI is InChI=1S/C17H11F3N2O2.C4H8O2/c18-17(19,20)24-15-7-5-14(6-8-15)22-10-13(9-21-22)16-4-2-1-3-12(16)11-23;1-2-6-4-3-5-1/h1-11H;1-4H2. The van der Waals surface area contributed by atoms with E-state index in [0.717, 1.165) is 43.8 Å². The first kappa shape index (κ1) is 21.5. The number of aromatic nitrogens is 2. The lowest BCUT2D eigenvalue weighted by molar-refractivity contribution is -0.274. The average molecular weight is 420 g/mol. The van der Waals surface area contributed by atoms with Crippen molar-refractivity contribution in [1.29, 1.82) is 0 Å². The minimum Gasteiger partial charge on any atom is -0.406 e. The van der Waals surface area contributed by atoms with Gasteiger partial charge in [-0.15, -0.1) is 13.2 Å². The SMILES string of the molecule is C1COCCO1.O=Cc1ccccc1-c1cnn(-c2ccc(OC(F)(F)F)cc2)c1. The lowest BCUT2D eigenvalue weighted by atomic mass is 10.0. The molecule has 158 valence electrons. The molecule has 9 heteroatoms. The second-order valence-electron chi connectivity index (χ2n) is 6.15. The van der Waals surface area contributed by atoms with Crippen LogP contribution in [0.5, 0.6) is 5.75 Å². The van der Waals surface area contributed by atoms with E-state index in [-0.39, 0.29) is 5.75 Å². The number of rotatable bonds is 4. The van der Waals surface area contributed by atoms with Crippen LogP contribution in [-0.2, 0) is 9.47 Å². The Morgan fingerprint density at radius 1 is 0.967 bits per heavy atom. The van der Waals surface area contributed by atoms with E-state index in [1.54, 1.807) is 30.6 Å². The third-order valence-corrected chi connectivity index (χ3v) is 4.06. The lowest BCUT2D eigenvalue weighted by Gasteiger charge is -2.09. The van der Waals surface area contributed by atoms with E-state index in [2.05, 4.69) is 9.84 Å². The third kappa shape index (κ3) is 6.16. The summed E-state index contributed by atoms with van der Waals surface area (Å²) in [6, 6.07) is 12.4. The molecule has 0 spiro atoms. The average Bonchev–Trinajstić information content (AvgIpc) is 3.25. The summed E-state index contributed by atoms with van der Waals surface area (Å²) in [5, 5.41) is 4.18. The molecule has 4 rings (SSSR count). The highest BCUT2D eigenvalue weighted by atomic mass is 19.4. The van der Waals surface area contributed by atoms with Crippen molar-refractivity contribution < 1.29 is 32.2 Å². The van der Waals surface area contributed by atoms with Crippen LogP contribution < -0.4 is 4.74 Å². The van der Waals surface area contributed by atoms with Crippen LogP contribution in [-0.4, -0.2) is 48.9 Å². The van der Waals surface area contributed by atoms with Gasteiger partial charge in [0.15, 0.2) is 6.29 Å². The molecule has 1 aliphatic rings. The zero-order chi connectivity index (χ0) is 21.4. The van der Waals surface area contributed by atoms with Crippen LogP contribution in [0.4, 0.5) is 13.2 Å². The fraction of sp³-hybridized carbons (Fsp3) is 0.238.